The van der Waals surface area contributed by atoms with Crippen molar-refractivity contribution >= 4 is 57.8 Å². The van der Waals surface area contributed by atoms with Gasteiger partial charge in [-0.05, 0) is 85.8 Å². The number of hydrogen-bond acceptors (Lipinski definition) is 8. The number of unbranched alkanes of at least 4 members (excludes halogenated alkanes) is 24. The average molecular weight is 1010 g/mol. The second kappa shape index (κ2) is 39.3. The van der Waals surface area contributed by atoms with E-state index in [1.165, 1.54) is 189 Å². The number of benzene rings is 2. The van der Waals surface area contributed by atoms with Gasteiger partial charge in [0, 0.05) is 9.79 Å². The largest absolute Gasteiger partial charge is 4.00 e. The van der Waals surface area contributed by atoms with Gasteiger partial charge in [-0.1, -0.05) is 206 Å². The first kappa shape index (κ1) is 60.0. The van der Waals surface area contributed by atoms with Crippen molar-refractivity contribution in [2.75, 3.05) is 0 Å². The summed E-state index contributed by atoms with van der Waals surface area (Å²) in [7, 11) is 0. The molecule has 0 spiro atoms. The van der Waals surface area contributed by atoms with Crippen LogP contribution in [-0.2, 0) is 70.4 Å². The van der Waals surface area contributed by atoms with Gasteiger partial charge in [0.1, 0.15) is 0 Å². The Labute approximate surface area is 397 Å². The predicted molar refractivity (Wildman–Crippen MR) is 260 cm³/mol. The van der Waals surface area contributed by atoms with Crippen LogP contribution in [0.15, 0.2) is 46.2 Å². The van der Waals surface area contributed by atoms with Gasteiger partial charge in [-0.25, -0.2) is 0 Å². The van der Waals surface area contributed by atoms with E-state index in [0.717, 1.165) is 71.1 Å². The van der Waals surface area contributed by atoms with E-state index >= 15 is 0 Å². The van der Waals surface area contributed by atoms with Gasteiger partial charge in [0.05, 0.1) is 0 Å². The van der Waals surface area contributed by atoms with Crippen LogP contribution in [0.4, 0.5) is 0 Å². The van der Waals surface area contributed by atoms with Gasteiger partial charge in [0.25, 0.3) is 0 Å². The zero-order chi connectivity index (χ0) is 42.7. The van der Waals surface area contributed by atoms with E-state index in [2.05, 4.69) is 63.4 Å². The molecule has 0 saturated carbocycles. The molecule has 338 valence electrons. The summed E-state index contributed by atoms with van der Waals surface area (Å²) in [5.74, 6) is 0. The molecule has 0 aliphatic heterocycles. The van der Waals surface area contributed by atoms with E-state index in [9.17, 15) is 19.6 Å². The summed E-state index contributed by atoms with van der Waals surface area (Å²) in [4.78, 5) is 48.7. The Hall–Kier alpha value is 0.968. The summed E-state index contributed by atoms with van der Waals surface area (Å²) in [6, 6.07) is 12.3. The Morgan fingerprint density at radius 2 is 0.610 bits per heavy atom. The summed E-state index contributed by atoms with van der Waals surface area (Å²) in [6.45, 7) is 8.99. The fourth-order valence-corrected chi connectivity index (χ4v) is 13.1. The zero-order valence-electron chi connectivity index (χ0n) is 37.7. The van der Waals surface area contributed by atoms with Gasteiger partial charge in [0.15, 0.2) is 0 Å². The molecule has 59 heavy (non-hydrogen) atoms. The quantitative estimate of drug-likeness (QED) is 0.0379. The maximum atomic E-state index is 11.7. The van der Waals surface area contributed by atoms with Crippen molar-refractivity contribution in [3.05, 3.63) is 58.7 Å². The molecule has 2 rings (SSSR count). The van der Waals surface area contributed by atoms with Gasteiger partial charge < -0.3 is 19.6 Å². The van der Waals surface area contributed by atoms with Crippen LogP contribution in [0.2, 0.25) is 0 Å². The van der Waals surface area contributed by atoms with Crippen molar-refractivity contribution in [3.8, 4) is 0 Å². The number of aryl methyl sites for hydroxylation is 2. The molecule has 0 aromatic heterocycles. The number of hydrogen-bond donors (Lipinski definition) is 0. The fraction of sp³-hybridized carbons (Fsp3) is 0.750. The van der Waals surface area contributed by atoms with E-state index in [4.69, 9.17) is 0 Å². The van der Waals surface area contributed by atoms with Crippen LogP contribution in [0.1, 0.15) is 230 Å². The van der Waals surface area contributed by atoms with E-state index in [1.54, 1.807) is 0 Å². The first-order valence-electron chi connectivity index (χ1n) is 23.6. The molecule has 0 N–H and O–H groups in total. The predicted octanol–water partition coefficient (Wildman–Crippen LogP) is 14.6. The van der Waals surface area contributed by atoms with Crippen LogP contribution in [0.25, 0.3) is 0 Å². The Kier molecular flexibility index (Phi) is 40.0. The van der Waals surface area contributed by atoms with Crippen molar-refractivity contribution in [2.24, 2.45) is 0 Å². The molecule has 0 fully saturated rings. The third-order valence-electron chi connectivity index (χ3n) is 11.0. The first-order chi connectivity index (χ1) is 28.0. The maximum Gasteiger partial charge on any atom is 4.00 e. The van der Waals surface area contributed by atoms with E-state index < -0.39 is 11.4 Å². The number of rotatable bonds is 36. The maximum absolute atomic E-state index is 11.7. The van der Waals surface area contributed by atoms with Crippen molar-refractivity contribution in [1.29, 1.82) is 0 Å². The normalized spacial score (nSPS) is 11.7. The summed E-state index contributed by atoms with van der Waals surface area (Å²) in [5, 5.41) is 0. The molecule has 2 aromatic rings. The molecule has 0 radical (unpaired) electrons. The molecule has 2 aromatic carbocycles. The monoisotopic (exact) mass is 1010 g/mol. The molecule has 0 heterocycles. The van der Waals surface area contributed by atoms with Gasteiger partial charge in [-0.3, -0.25) is 0 Å². The average Bonchev–Trinajstić information content (AvgIpc) is 3.17. The molecule has 11 heteroatoms. The topological polar surface area (TPSA) is 92.2 Å². The van der Waals surface area contributed by atoms with Crippen LogP contribution in [0.5, 0.6) is 0 Å². The molecule has 4 nitrogen and oxygen atoms in total. The van der Waals surface area contributed by atoms with Crippen LogP contribution >= 0.6 is 34.2 Å². The molecule has 0 bridgehead atoms. The van der Waals surface area contributed by atoms with Crippen molar-refractivity contribution in [2.45, 2.75) is 243 Å². The Morgan fingerprint density at radius 3 is 0.864 bits per heavy atom. The van der Waals surface area contributed by atoms with Gasteiger partial charge >= 0.3 is 21.1 Å². The second-order valence-corrected chi connectivity index (χ2v) is 27.6. The van der Waals surface area contributed by atoms with E-state index in [-0.39, 0.29) is 21.1 Å². The van der Waals surface area contributed by atoms with Gasteiger partial charge in [-0.2, -0.15) is 11.4 Å². The summed E-state index contributed by atoms with van der Waals surface area (Å²) in [6.07, 6.45) is 40.0. The minimum Gasteiger partial charge on any atom is -0.824 e. The van der Waals surface area contributed by atoms with Crippen molar-refractivity contribution in [3.63, 3.8) is 0 Å². The fourth-order valence-electron chi connectivity index (χ4n) is 7.73. The molecular formula is C48H82MoO4P2S4. The molecule has 0 amide bonds. The van der Waals surface area contributed by atoms with Crippen molar-refractivity contribution < 1.29 is 40.6 Å². The molecule has 0 aliphatic carbocycles. The second-order valence-electron chi connectivity index (χ2n) is 16.3. The van der Waals surface area contributed by atoms with Crippen LogP contribution < -0.4 is 19.6 Å². The summed E-state index contributed by atoms with van der Waals surface area (Å²) >= 11 is 11.1. The minimum absolute atomic E-state index is 0. The van der Waals surface area contributed by atoms with E-state index in [1.807, 2.05) is 24.3 Å². The summed E-state index contributed by atoms with van der Waals surface area (Å²) < 4.78 is 0. The third-order valence-corrected chi connectivity index (χ3v) is 16.5. The van der Waals surface area contributed by atoms with E-state index in [0.29, 0.717) is 0 Å². The molecule has 0 aliphatic rings. The SMILES string of the molecule is CCCCCCCCCc1cccc(SP([O-])([O-])=S)c1CCCCCCCCC.CCCCCCCCCc1cccc(SP([O-])([O-])=S)c1CCCCCCCCC.[Mo+4]. The minimum atomic E-state index is -3.79. The molecule has 0 unspecified atom stereocenters. The van der Waals surface area contributed by atoms with Crippen LogP contribution in [0.3, 0.4) is 0 Å². The molecular weight excluding hydrogens is 927 g/mol. The smallest absolute Gasteiger partial charge is 0.824 e. The Balaban J connectivity index is 0.00000112. The Morgan fingerprint density at radius 1 is 0.373 bits per heavy atom. The van der Waals surface area contributed by atoms with Crippen LogP contribution in [0, 0.1) is 0 Å². The molecule has 0 atom stereocenters. The van der Waals surface area contributed by atoms with Gasteiger partial charge in [0.2, 0.25) is 0 Å². The third kappa shape index (κ3) is 34.1. The molecule has 0 saturated heterocycles. The standard InChI is InChI=1S/2C24H43O2PS2.Mo/c2*1-3-5-7-9-11-13-15-18-22-19-17-21-24(29-27(25,26)28)23(22)20-16-14-12-10-8-6-4-2;/h2*17,19,21H,3-16,18,20H2,1-2H3,(H2,25,26,28);/q;;+4/p-4. The van der Waals surface area contributed by atoms with Gasteiger partial charge in [-0.15, -0.1) is 46.4 Å². The Bertz CT molecular complexity index is 1280. The zero-order valence-corrected chi connectivity index (χ0v) is 44.7. The van der Waals surface area contributed by atoms with Crippen LogP contribution in [-0.4, -0.2) is 0 Å². The van der Waals surface area contributed by atoms with Crippen molar-refractivity contribution in [1.82, 2.24) is 0 Å². The first-order valence-corrected chi connectivity index (χ1v) is 31.7. The summed E-state index contributed by atoms with van der Waals surface area (Å²) in [5.41, 5.74) is -2.45.